The van der Waals surface area contributed by atoms with E-state index in [9.17, 15) is 9.18 Å². The van der Waals surface area contributed by atoms with Crippen molar-refractivity contribution in [1.29, 1.82) is 0 Å². The number of pyridine rings is 1. The lowest BCUT2D eigenvalue weighted by Gasteiger charge is -2.11. The number of aromatic nitrogens is 1. The lowest BCUT2D eigenvalue weighted by Crippen LogP contribution is -2.13. The van der Waals surface area contributed by atoms with Crippen LogP contribution in [0.1, 0.15) is 10.4 Å². The lowest BCUT2D eigenvalue weighted by atomic mass is 10.0. The van der Waals surface area contributed by atoms with E-state index in [0.717, 1.165) is 15.4 Å². The number of halogens is 3. The van der Waals surface area contributed by atoms with Crippen LogP contribution in [0.25, 0.3) is 22.2 Å². The maximum Gasteiger partial charge on any atom is 0.256 e. The predicted octanol–water partition coefficient (Wildman–Crippen LogP) is 6.71. The van der Waals surface area contributed by atoms with Gasteiger partial charge in [0.2, 0.25) is 0 Å². The van der Waals surface area contributed by atoms with Crippen molar-refractivity contribution in [2.24, 2.45) is 0 Å². The summed E-state index contributed by atoms with van der Waals surface area (Å²) in [5, 5.41) is 3.46. The zero-order chi connectivity index (χ0) is 19.7. The molecule has 4 rings (SSSR count). The molecule has 0 atom stereocenters. The second kappa shape index (κ2) is 7.70. The first-order chi connectivity index (χ1) is 13.5. The van der Waals surface area contributed by atoms with Crippen molar-refractivity contribution in [1.82, 2.24) is 4.98 Å². The number of nitrogens with one attached hydrogen (secondary N) is 1. The molecule has 28 heavy (non-hydrogen) atoms. The van der Waals surface area contributed by atoms with Crippen LogP contribution in [-0.4, -0.2) is 10.9 Å². The summed E-state index contributed by atoms with van der Waals surface area (Å²) in [6, 6.07) is 21.0. The van der Waals surface area contributed by atoms with Crippen LogP contribution in [0.4, 0.5) is 10.1 Å². The molecule has 4 aromatic rings. The summed E-state index contributed by atoms with van der Waals surface area (Å²) in [6.45, 7) is 0. The molecule has 0 unspecified atom stereocenters. The summed E-state index contributed by atoms with van der Waals surface area (Å²) in [5.74, 6) is -0.858. The van der Waals surface area contributed by atoms with E-state index in [1.54, 1.807) is 6.07 Å². The third kappa shape index (κ3) is 3.77. The number of fused-ring (bicyclic) bond motifs is 1. The molecular weight excluding hydrogens is 443 g/mol. The Kier molecular flexibility index (Phi) is 5.11. The number of para-hydroxylation sites is 1. The first-order valence-electron chi connectivity index (χ1n) is 8.43. The fourth-order valence-corrected chi connectivity index (χ4v) is 3.51. The van der Waals surface area contributed by atoms with Crippen LogP contribution in [0, 0.1) is 5.82 Å². The van der Waals surface area contributed by atoms with Gasteiger partial charge in [0.1, 0.15) is 5.82 Å². The van der Waals surface area contributed by atoms with Gasteiger partial charge in [0.25, 0.3) is 5.91 Å². The molecule has 0 aliphatic heterocycles. The molecule has 0 aliphatic carbocycles. The minimum Gasteiger partial charge on any atom is -0.322 e. The average molecular weight is 456 g/mol. The van der Waals surface area contributed by atoms with E-state index in [4.69, 9.17) is 16.6 Å². The number of carbonyl (C=O) groups is 1. The van der Waals surface area contributed by atoms with E-state index in [2.05, 4.69) is 21.2 Å². The fraction of sp³-hybridized carbons (Fsp3) is 0. The number of benzene rings is 3. The molecule has 1 N–H and O–H groups in total. The Morgan fingerprint density at radius 1 is 1.00 bits per heavy atom. The van der Waals surface area contributed by atoms with Gasteiger partial charge in [0.15, 0.2) is 0 Å². The molecule has 0 spiro atoms. The van der Waals surface area contributed by atoms with Crippen molar-refractivity contribution in [3.63, 3.8) is 0 Å². The molecule has 0 saturated carbocycles. The Morgan fingerprint density at radius 3 is 2.61 bits per heavy atom. The molecule has 3 nitrogen and oxygen atoms in total. The maximum absolute atomic E-state index is 13.4. The molecule has 1 aromatic heterocycles. The number of hydrogen-bond acceptors (Lipinski definition) is 2. The zero-order valence-electron chi connectivity index (χ0n) is 14.4. The van der Waals surface area contributed by atoms with Gasteiger partial charge in [0.05, 0.1) is 21.8 Å². The third-order valence-corrected chi connectivity index (χ3v) is 5.04. The zero-order valence-corrected chi connectivity index (χ0v) is 16.8. The van der Waals surface area contributed by atoms with Gasteiger partial charge in [-0.2, -0.15) is 0 Å². The van der Waals surface area contributed by atoms with Gasteiger partial charge in [-0.15, -0.1) is 0 Å². The maximum atomic E-state index is 13.4. The van der Waals surface area contributed by atoms with Gasteiger partial charge in [-0.05, 0) is 42.5 Å². The van der Waals surface area contributed by atoms with E-state index < -0.39 is 5.82 Å². The second-order valence-corrected chi connectivity index (χ2v) is 7.49. The van der Waals surface area contributed by atoms with Crippen molar-refractivity contribution in [2.75, 3.05) is 5.32 Å². The van der Waals surface area contributed by atoms with Crippen LogP contribution in [-0.2, 0) is 0 Å². The summed E-state index contributed by atoms with van der Waals surface area (Å²) in [4.78, 5) is 17.7. The quantitative estimate of drug-likeness (QED) is 0.373. The highest BCUT2D eigenvalue weighted by Gasteiger charge is 2.15. The SMILES string of the molecule is O=C(Nc1ccc(F)c(Cl)c1)c1cc(-c2cccc(Br)c2)nc2ccccc12. The standard InChI is InChI=1S/C22H13BrClFN2O/c23-14-5-3-4-13(10-14)21-12-17(16-6-1-2-7-20(16)27-21)22(28)26-15-8-9-19(25)18(24)11-15/h1-12H,(H,26,28). The molecule has 0 radical (unpaired) electrons. The minimum atomic E-state index is -0.536. The number of amides is 1. The number of hydrogen-bond donors (Lipinski definition) is 1. The minimum absolute atomic E-state index is 0.0489. The summed E-state index contributed by atoms with van der Waals surface area (Å²) in [5.41, 5.74) is 3.17. The number of nitrogens with zero attached hydrogens (tertiary/aromatic N) is 1. The summed E-state index contributed by atoms with van der Waals surface area (Å²) in [6.07, 6.45) is 0. The van der Waals surface area contributed by atoms with Gasteiger partial charge in [-0.1, -0.05) is 57.9 Å². The third-order valence-electron chi connectivity index (χ3n) is 4.26. The normalized spacial score (nSPS) is 10.8. The van der Waals surface area contributed by atoms with Crippen molar-refractivity contribution < 1.29 is 9.18 Å². The van der Waals surface area contributed by atoms with E-state index in [1.807, 2.05) is 48.5 Å². The molecule has 0 bridgehead atoms. The average Bonchev–Trinajstić information content (AvgIpc) is 2.70. The van der Waals surface area contributed by atoms with E-state index in [1.165, 1.54) is 18.2 Å². The molecule has 1 amide bonds. The monoisotopic (exact) mass is 454 g/mol. The molecule has 0 fully saturated rings. The predicted molar refractivity (Wildman–Crippen MR) is 114 cm³/mol. The molecular formula is C22H13BrClFN2O. The molecule has 138 valence electrons. The van der Waals surface area contributed by atoms with Gasteiger partial charge in [0, 0.05) is 21.1 Å². The van der Waals surface area contributed by atoms with Crippen LogP contribution >= 0.6 is 27.5 Å². The van der Waals surface area contributed by atoms with E-state index in [-0.39, 0.29) is 10.9 Å². The van der Waals surface area contributed by atoms with Crippen molar-refractivity contribution in [3.8, 4) is 11.3 Å². The summed E-state index contributed by atoms with van der Waals surface area (Å²) < 4.78 is 14.3. The van der Waals surface area contributed by atoms with Gasteiger partial charge < -0.3 is 5.32 Å². The first-order valence-corrected chi connectivity index (χ1v) is 9.60. The summed E-state index contributed by atoms with van der Waals surface area (Å²) >= 11 is 9.28. The van der Waals surface area contributed by atoms with Crippen LogP contribution < -0.4 is 5.32 Å². The van der Waals surface area contributed by atoms with Crippen LogP contribution in [0.2, 0.25) is 5.02 Å². The fourth-order valence-electron chi connectivity index (χ4n) is 2.93. The van der Waals surface area contributed by atoms with Crippen LogP contribution in [0.15, 0.2) is 77.3 Å². The Hall–Kier alpha value is -2.76. The lowest BCUT2D eigenvalue weighted by molar-refractivity contribution is 0.102. The Bertz CT molecular complexity index is 1210. The highest BCUT2D eigenvalue weighted by molar-refractivity contribution is 9.10. The van der Waals surface area contributed by atoms with Gasteiger partial charge in [-0.25, -0.2) is 9.37 Å². The van der Waals surface area contributed by atoms with E-state index in [0.29, 0.717) is 22.5 Å². The molecule has 1 heterocycles. The largest absolute Gasteiger partial charge is 0.322 e. The van der Waals surface area contributed by atoms with Crippen LogP contribution in [0.3, 0.4) is 0 Å². The number of anilines is 1. The topological polar surface area (TPSA) is 42.0 Å². The summed E-state index contributed by atoms with van der Waals surface area (Å²) in [7, 11) is 0. The highest BCUT2D eigenvalue weighted by Crippen LogP contribution is 2.28. The van der Waals surface area contributed by atoms with Crippen molar-refractivity contribution >= 4 is 50.0 Å². The number of carbonyl (C=O) groups excluding carboxylic acids is 1. The Morgan fingerprint density at radius 2 is 1.82 bits per heavy atom. The molecule has 0 saturated heterocycles. The van der Waals surface area contributed by atoms with E-state index >= 15 is 0 Å². The first kappa shape index (κ1) is 18.6. The molecule has 0 aliphatic rings. The van der Waals surface area contributed by atoms with Gasteiger partial charge in [-0.3, -0.25) is 4.79 Å². The van der Waals surface area contributed by atoms with Gasteiger partial charge >= 0.3 is 0 Å². The van der Waals surface area contributed by atoms with Crippen molar-refractivity contribution in [2.45, 2.75) is 0 Å². The Labute approximate surface area is 174 Å². The highest BCUT2D eigenvalue weighted by atomic mass is 79.9. The molecule has 6 heteroatoms. The molecule has 3 aromatic carbocycles. The van der Waals surface area contributed by atoms with Crippen LogP contribution in [0.5, 0.6) is 0 Å². The Balaban J connectivity index is 1.80. The van der Waals surface area contributed by atoms with Crippen molar-refractivity contribution in [3.05, 3.63) is 93.7 Å². The second-order valence-electron chi connectivity index (χ2n) is 6.17. The number of rotatable bonds is 3. The smallest absolute Gasteiger partial charge is 0.256 e.